The smallest absolute Gasteiger partial charge is 0.124 e. The lowest BCUT2D eigenvalue weighted by molar-refractivity contribution is 0.305. The first-order valence-corrected chi connectivity index (χ1v) is 9.36. The highest BCUT2D eigenvalue weighted by Gasteiger charge is 2.06. The van der Waals surface area contributed by atoms with Crippen LogP contribution in [0.5, 0.6) is 5.75 Å². The first-order valence-electron chi connectivity index (χ1n) is 6.89. The average Bonchev–Trinajstić information content (AvgIpc) is 2.83. The van der Waals surface area contributed by atoms with Gasteiger partial charge in [0.25, 0.3) is 0 Å². The van der Waals surface area contributed by atoms with Crippen molar-refractivity contribution in [1.82, 2.24) is 5.32 Å². The Morgan fingerprint density at radius 1 is 1.19 bits per heavy atom. The molecule has 0 aliphatic rings. The van der Waals surface area contributed by atoms with Crippen LogP contribution in [-0.2, 0) is 13.2 Å². The zero-order chi connectivity index (χ0) is 15.2. The van der Waals surface area contributed by atoms with Gasteiger partial charge in [0.2, 0.25) is 0 Å². The van der Waals surface area contributed by atoms with Crippen LogP contribution in [0.1, 0.15) is 24.3 Å². The highest BCUT2D eigenvalue weighted by molar-refractivity contribution is 9.10. The monoisotopic (exact) mass is 431 g/mol. The molecule has 0 radical (unpaired) electrons. The van der Waals surface area contributed by atoms with Crippen molar-refractivity contribution in [2.75, 3.05) is 6.54 Å². The molecule has 0 aliphatic heterocycles. The SMILES string of the molecule is CC(C)CNCc1cc(Br)ccc1OCc1cc(Br)cs1. The number of halogens is 2. The summed E-state index contributed by atoms with van der Waals surface area (Å²) in [5.74, 6) is 1.59. The molecule has 2 aromatic rings. The number of benzene rings is 1. The van der Waals surface area contributed by atoms with E-state index in [2.05, 4.69) is 68.5 Å². The summed E-state index contributed by atoms with van der Waals surface area (Å²) in [7, 11) is 0. The molecule has 2 nitrogen and oxygen atoms in total. The molecule has 0 saturated carbocycles. The molecule has 0 fully saturated rings. The van der Waals surface area contributed by atoms with Crippen molar-refractivity contribution >= 4 is 43.2 Å². The molecule has 0 saturated heterocycles. The van der Waals surface area contributed by atoms with Gasteiger partial charge < -0.3 is 10.1 Å². The summed E-state index contributed by atoms with van der Waals surface area (Å²) in [6, 6.07) is 8.26. The van der Waals surface area contributed by atoms with Crippen molar-refractivity contribution in [1.29, 1.82) is 0 Å². The summed E-state index contributed by atoms with van der Waals surface area (Å²) < 4.78 is 8.17. The van der Waals surface area contributed by atoms with Crippen LogP contribution < -0.4 is 10.1 Å². The lowest BCUT2D eigenvalue weighted by atomic mass is 10.2. The summed E-state index contributed by atoms with van der Waals surface area (Å²) >= 11 is 8.70. The standard InChI is InChI=1S/C16H19Br2NOS/c1-11(2)7-19-8-12-5-13(17)3-4-16(12)20-9-15-6-14(18)10-21-15/h3-6,10-11,19H,7-9H2,1-2H3. The minimum Gasteiger partial charge on any atom is -0.488 e. The van der Waals surface area contributed by atoms with Gasteiger partial charge in [-0.1, -0.05) is 29.8 Å². The van der Waals surface area contributed by atoms with Crippen LogP contribution in [-0.4, -0.2) is 6.54 Å². The highest BCUT2D eigenvalue weighted by atomic mass is 79.9. The summed E-state index contributed by atoms with van der Waals surface area (Å²) in [6.45, 7) is 6.85. The predicted molar refractivity (Wildman–Crippen MR) is 97.0 cm³/mol. The molecule has 0 aliphatic carbocycles. The minimum absolute atomic E-state index is 0.606. The van der Waals surface area contributed by atoms with Crippen LogP contribution in [0.2, 0.25) is 0 Å². The Kier molecular flexibility index (Phi) is 6.74. The summed E-state index contributed by atoms with van der Waals surface area (Å²) in [5.41, 5.74) is 1.18. The van der Waals surface area contributed by atoms with Gasteiger partial charge in [-0.25, -0.2) is 0 Å². The van der Waals surface area contributed by atoms with Crippen LogP contribution in [0.15, 0.2) is 38.6 Å². The second kappa shape index (κ2) is 8.32. The van der Waals surface area contributed by atoms with Gasteiger partial charge >= 0.3 is 0 Å². The number of rotatable bonds is 7. The van der Waals surface area contributed by atoms with E-state index in [-0.39, 0.29) is 0 Å². The Morgan fingerprint density at radius 3 is 2.67 bits per heavy atom. The Hall–Kier alpha value is -0.360. The Morgan fingerprint density at radius 2 is 2.00 bits per heavy atom. The van der Waals surface area contributed by atoms with Gasteiger partial charge in [0.15, 0.2) is 0 Å². The van der Waals surface area contributed by atoms with Crippen molar-refractivity contribution in [2.45, 2.75) is 27.0 Å². The largest absolute Gasteiger partial charge is 0.488 e. The molecule has 0 spiro atoms. The van der Waals surface area contributed by atoms with E-state index in [1.54, 1.807) is 11.3 Å². The van der Waals surface area contributed by atoms with E-state index < -0.39 is 0 Å². The highest BCUT2D eigenvalue weighted by Crippen LogP contribution is 2.26. The average molecular weight is 433 g/mol. The van der Waals surface area contributed by atoms with Crippen LogP contribution in [0.4, 0.5) is 0 Å². The van der Waals surface area contributed by atoms with E-state index in [0.29, 0.717) is 12.5 Å². The van der Waals surface area contributed by atoms with E-state index in [4.69, 9.17) is 4.74 Å². The second-order valence-electron chi connectivity index (χ2n) is 5.30. The fourth-order valence-corrected chi connectivity index (χ4v) is 3.67. The van der Waals surface area contributed by atoms with Crippen LogP contribution in [0.3, 0.4) is 0 Å². The quantitative estimate of drug-likeness (QED) is 0.614. The first-order chi connectivity index (χ1) is 10.0. The molecule has 0 bridgehead atoms. The van der Waals surface area contributed by atoms with Crippen molar-refractivity contribution in [2.24, 2.45) is 5.92 Å². The molecule has 5 heteroatoms. The molecular weight excluding hydrogens is 414 g/mol. The Bertz CT molecular complexity index is 583. The molecule has 1 aromatic carbocycles. The van der Waals surface area contributed by atoms with Gasteiger partial charge in [-0.15, -0.1) is 11.3 Å². The molecule has 0 amide bonds. The number of hydrogen-bond donors (Lipinski definition) is 1. The maximum absolute atomic E-state index is 5.98. The molecule has 1 aromatic heterocycles. The van der Waals surface area contributed by atoms with Crippen molar-refractivity contribution in [3.05, 3.63) is 49.0 Å². The molecule has 21 heavy (non-hydrogen) atoms. The molecular formula is C16H19Br2NOS. The van der Waals surface area contributed by atoms with Crippen molar-refractivity contribution in [3.63, 3.8) is 0 Å². The van der Waals surface area contributed by atoms with Crippen LogP contribution in [0.25, 0.3) is 0 Å². The number of nitrogens with one attached hydrogen (secondary N) is 1. The summed E-state index contributed by atoms with van der Waals surface area (Å²) in [4.78, 5) is 1.21. The fourth-order valence-electron chi connectivity index (χ4n) is 1.90. The molecule has 0 unspecified atom stereocenters. The van der Waals surface area contributed by atoms with Crippen LogP contribution >= 0.6 is 43.2 Å². The minimum atomic E-state index is 0.606. The van der Waals surface area contributed by atoms with Gasteiger partial charge in [0.1, 0.15) is 12.4 Å². The number of thiophene rings is 1. The van der Waals surface area contributed by atoms with Crippen molar-refractivity contribution < 1.29 is 4.74 Å². The lowest BCUT2D eigenvalue weighted by Gasteiger charge is -2.13. The maximum Gasteiger partial charge on any atom is 0.124 e. The molecule has 1 N–H and O–H groups in total. The van der Waals surface area contributed by atoms with E-state index in [9.17, 15) is 0 Å². The van der Waals surface area contributed by atoms with Gasteiger partial charge in [0, 0.05) is 31.3 Å². The number of hydrogen-bond acceptors (Lipinski definition) is 3. The molecule has 2 rings (SSSR count). The molecule has 1 heterocycles. The zero-order valence-corrected chi connectivity index (χ0v) is 16.1. The van der Waals surface area contributed by atoms with Gasteiger partial charge in [-0.2, -0.15) is 0 Å². The third-order valence-corrected chi connectivity index (χ3v) is 5.05. The molecule has 0 atom stereocenters. The topological polar surface area (TPSA) is 21.3 Å². The summed E-state index contributed by atoms with van der Waals surface area (Å²) in [6.07, 6.45) is 0. The molecule has 114 valence electrons. The third kappa shape index (κ3) is 5.74. The van der Waals surface area contributed by atoms with E-state index >= 15 is 0 Å². The van der Waals surface area contributed by atoms with E-state index in [0.717, 1.165) is 27.8 Å². The Balaban J connectivity index is 2.00. The maximum atomic E-state index is 5.98. The van der Waals surface area contributed by atoms with Gasteiger partial charge in [-0.05, 0) is 52.7 Å². The number of ether oxygens (including phenoxy) is 1. The Labute approximate surface area is 147 Å². The first kappa shape index (κ1) is 17.0. The van der Waals surface area contributed by atoms with Gasteiger partial charge in [0.05, 0.1) is 0 Å². The third-order valence-electron chi connectivity index (χ3n) is 2.88. The van der Waals surface area contributed by atoms with Gasteiger partial charge in [-0.3, -0.25) is 0 Å². The predicted octanol–water partition coefficient (Wildman–Crippen LogP) is 5.60. The van der Waals surface area contributed by atoms with E-state index in [1.807, 2.05) is 12.1 Å². The zero-order valence-electron chi connectivity index (χ0n) is 12.2. The van der Waals surface area contributed by atoms with Crippen LogP contribution in [0, 0.1) is 5.92 Å². The second-order valence-corrected chi connectivity index (χ2v) is 8.12. The summed E-state index contributed by atoms with van der Waals surface area (Å²) in [5, 5.41) is 5.54. The normalized spacial score (nSPS) is 11.1. The van der Waals surface area contributed by atoms with Crippen molar-refractivity contribution in [3.8, 4) is 5.75 Å². The fraction of sp³-hybridized carbons (Fsp3) is 0.375. The lowest BCUT2D eigenvalue weighted by Crippen LogP contribution is -2.19. The van der Waals surface area contributed by atoms with E-state index in [1.165, 1.54) is 10.4 Å².